The van der Waals surface area contributed by atoms with Crippen molar-refractivity contribution in [3.8, 4) is 108 Å². The van der Waals surface area contributed by atoms with Crippen LogP contribution in [0.1, 0.15) is 101 Å². The van der Waals surface area contributed by atoms with Crippen LogP contribution in [0.15, 0.2) is 0 Å². The number of terminal acetylenes is 2. The predicted molar refractivity (Wildman–Crippen MR) is 380 cm³/mol. The van der Waals surface area contributed by atoms with Gasteiger partial charge in [0.2, 0.25) is 0 Å². The molecule has 0 aliphatic carbocycles. The molecule has 0 unspecified atom stereocenters. The molecular weight excluding hydrogens is 2070 g/mol. The second-order valence-corrected chi connectivity index (χ2v) is 65.9. The summed E-state index contributed by atoms with van der Waals surface area (Å²) in [6, 6.07) is 0. The summed E-state index contributed by atoms with van der Waals surface area (Å²) in [6.45, 7) is 19.1. The Morgan fingerprint density at radius 2 is 0.800 bits per heavy atom. The Morgan fingerprint density at radius 1 is 0.571 bits per heavy atom. The quantitative estimate of drug-likeness (QED) is 0.0505. The van der Waals surface area contributed by atoms with Gasteiger partial charge in [0, 0.05) is 25.7 Å². The maximum atomic E-state index is 10.6. The van der Waals surface area contributed by atoms with Crippen molar-refractivity contribution in [3.63, 3.8) is 0 Å². The van der Waals surface area contributed by atoms with Gasteiger partial charge in [-0.25, -0.2) is 0 Å². The van der Waals surface area contributed by atoms with Gasteiger partial charge in [-0.15, -0.1) is 24.7 Å². The first kappa shape index (κ1) is 104. The molecule has 404 valence electrons. The second-order valence-electron chi connectivity index (χ2n) is 8.70. The summed E-state index contributed by atoms with van der Waals surface area (Å²) in [5.74, 6) is 36.4. The van der Waals surface area contributed by atoms with Crippen molar-refractivity contribution in [1.29, 1.82) is 0 Å². The van der Waals surface area contributed by atoms with E-state index in [1.165, 1.54) is 8.86 Å². The summed E-state index contributed by atoms with van der Waals surface area (Å²) >= 11 is 23.7. The normalized spacial score (nSPS) is 6.99. The number of carbonyl (C=O) groups excluding carboxylic acids is 2. The molecule has 0 saturated heterocycles. The van der Waals surface area contributed by atoms with Gasteiger partial charge in [-0.3, -0.25) is 14.4 Å². The van der Waals surface area contributed by atoms with E-state index < -0.39 is 5.97 Å². The van der Waals surface area contributed by atoms with Gasteiger partial charge < -0.3 is 47.5 Å². The van der Waals surface area contributed by atoms with E-state index in [1.807, 2.05) is 33.6 Å². The number of aliphatic hydroxyl groups is 5. The number of hydrogen-bond donors (Lipinski definition) is 6. The predicted octanol–water partition coefficient (Wildman–Crippen LogP) is 12.6. The molecule has 11 nitrogen and oxygen atoms in total. The summed E-state index contributed by atoms with van der Waals surface area (Å²) < 4.78 is 12.9. The SMILES string of the molecule is C#CCC.C#CCO.CC.CC(I)(I)I.CC(I)I.CCC#CCO.CCC(=O)OCC#CC#CCC(=O)O.CCC(=O)OCC#CC#CCO.CCI.CCI.OCC#CC#CCO.[CH3-].[I][V]([I])[I]. The van der Waals surface area contributed by atoms with Crippen LogP contribution in [0.5, 0.6) is 0 Å². The molecule has 0 aromatic heterocycles. The number of rotatable bonds is 5. The third-order valence-corrected chi connectivity index (χ3v) is 3.06. The van der Waals surface area contributed by atoms with Crippen LogP contribution < -0.4 is 0 Å². The Balaban J connectivity index is -0.0000000482. The van der Waals surface area contributed by atoms with Crippen LogP contribution in [0.25, 0.3) is 0 Å². The van der Waals surface area contributed by atoms with Crippen molar-refractivity contribution < 1.29 is 59.4 Å². The zero-order valence-electron chi connectivity index (χ0n) is 41.6. The van der Waals surface area contributed by atoms with Gasteiger partial charge >= 0.3 is 82.8 Å². The third-order valence-electron chi connectivity index (χ3n) is 3.06. The Hall–Kier alpha value is 2.13. The van der Waals surface area contributed by atoms with Gasteiger partial charge in [0.25, 0.3) is 0 Å². The number of esters is 2. The van der Waals surface area contributed by atoms with Gasteiger partial charge in [-0.2, -0.15) is 0 Å². The number of halogens is 10. The molecule has 0 aromatic carbocycles. The number of carboxylic acids is 1. The van der Waals surface area contributed by atoms with Crippen molar-refractivity contribution >= 4 is 236 Å². The molecule has 6 N–H and O–H groups in total. The zero-order valence-corrected chi connectivity index (χ0v) is 64.6. The molecule has 22 heteroatoms. The third kappa shape index (κ3) is 288. The first-order chi connectivity index (χ1) is 32.4. The average Bonchev–Trinajstić information content (AvgIpc) is 3.28. The Bertz CT molecular complexity index is 1560. The molecule has 0 fully saturated rings. The Kier molecular flexibility index (Phi) is 172. The van der Waals surface area contributed by atoms with Crippen LogP contribution in [0, 0.1) is 115 Å². The molecule has 0 bridgehead atoms. The fourth-order valence-corrected chi connectivity index (χ4v) is 1.19. The topological polar surface area (TPSA) is 191 Å². The van der Waals surface area contributed by atoms with E-state index in [2.05, 4.69) is 350 Å². The van der Waals surface area contributed by atoms with E-state index in [4.69, 9.17) is 37.1 Å². The van der Waals surface area contributed by atoms with Gasteiger partial charge in [-0.05, 0) is 70.1 Å². The van der Waals surface area contributed by atoms with E-state index in [9.17, 15) is 14.4 Å². The molecule has 0 atom stereocenters. The Labute approximate surface area is 558 Å². The molecule has 0 aliphatic heterocycles. The first-order valence-corrected chi connectivity index (χ1v) is 41.7. The van der Waals surface area contributed by atoms with E-state index in [1.54, 1.807) is 13.8 Å². The van der Waals surface area contributed by atoms with Gasteiger partial charge in [0.05, 0.1) is 1.93 Å². The summed E-state index contributed by atoms with van der Waals surface area (Å²) in [5.41, 5.74) is 0. The summed E-state index contributed by atoms with van der Waals surface area (Å²) in [4.78, 5) is 30.8. The number of carbonyl (C=O) groups is 3. The number of hydrogen-bond acceptors (Lipinski definition) is 10. The van der Waals surface area contributed by atoms with E-state index in [0.29, 0.717) is 12.3 Å². The van der Waals surface area contributed by atoms with Crippen molar-refractivity contribution in [2.24, 2.45) is 0 Å². The maximum absolute atomic E-state index is 10.6. The molecule has 0 aliphatic rings. The number of ether oxygens (including phenoxy) is 2. The van der Waals surface area contributed by atoms with Crippen molar-refractivity contribution in [1.82, 2.24) is 0 Å². The van der Waals surface area contributed by atoms with Crippen LogP contribution in [-0.2, 0) is 28.8 Å². The average molecular weight is 2140 g/mol. The molecule has 0 rings (SSSR count). The van der Waals surface area contributed by atoms with Gasteiger partial charge in [-0.1, -0.05) is 249 Å². The van der Waals surface area contributed by atoms with E-state index >= 15 is 0 Å². The minimum absolute atomic E-state index is 0. The number of aliphatic hydroxyl groups excluding tert-OH is 5. The van der Waals surface area contributed by atoms with Crippen LogP contribution in [-0.4, -0.2) is 105 Å². The summed E-state index contributed by atoms with van der Waals surface area (Å²) in [5, 5.41) is 48.2. The van der Waals surface area contributed by atoms with Crippen molar-refractivity contribution in [3.05, 3.63) is 7.43 Å². The van der Waals surface area contributed by atoms with Gasteiger partial charge in [0.1, 0.15) is 38.9 Å². The van der Waals surface area contributed by atoms with E-state index in [0.717, 1.165) is 14.8 Å². The van der Waals surface area contributed by atoms with Crippen LogP contribution in [0.2, 0.25) is 0 Å². The fraction of sp³-hybridized carbons (Fsp3) is 0.542. The minimum atomic E-state index is -0.989. The monoisotopic (exact) mass is 2140 g/mol. The van der Waals surface area contributed by atoms with Gasteiger partial charge in [0.15, 0.2) is 13.2 Å². The number of carboxylic acid groups (broad SMARTS) is 1. The standard InChI is InChI=1S/C10H10O4.C9H10O3.C6H6O2.C5H8O.C4H6.C3H4O.C2H3I3.C2H4I2.2C2H5I.C2H6.CH3.3HI.V/c1-2-10(13)14-8-6-4-3-5-7-9(11)12;1-2-9(11)12-8-6-4-3-5-7-10;7-5-3-1-2-4-6-8;1-2-3-4-5-6;1-3-4-2;1-2-3-4;1-2(3,4)5;1-2(3)4;2*1-2-3;1-2;;;;;/h2,7-8H2,1H3,(H,11,12);10H,2,7-8H2,1H3;7-8H,5-6H2;6H,2,5H2,1H3;1H,4H2,2H3;1,4H,3H2;1H3;2H,1H3;2*2H2,1H3;1-2H3;1H3;3*1H;/q;;;;;;;;;;;-1;;;;+3/p-3. The molecular formula is C48H70I10O11V-. The Morgan fingerprint density at radius 3 is 0.957 bits per heavy atom. The summed E-state index contributed by atoms with van der Waals surface area (Å²) in [6.07, 6.45) is 11.4. The van der Waals surface area contributed by atoms with Crippen molar-refractivity contribution in [2.75, 3.05) is 55.1 Å². The van der Waals surface area contributed by atoms with Crippen LogP contribution >= 0.6 is 218 Å². The fourth-order valence-electron chi connectivity index (χ4n) is 1.19. The molecule has 0 spiro atoms. The first-order valence-electron chi connectivity index (χ1n) is 19.4. The number of aliphatic carboxylic acids is 1. The molecule has 0 saturated carbocycles. The molecule has 0 aromatic rings. The molecule has 70 heavy (non-hydrogen) atoms. The van der Waals surface area contributed by atoms with Crippen molar-refractivity contribution in [2.45, 2.75) is 103 Å². The summed E-state index contributed by atoms with van der Waals surface area (Å²) in [7, 11) is 0. The molecule has 0 radical (unpaired) electrons. The zero-order chi connectivity index (χ0) is 57.0. The molecule has 0 heterocycles. The molecule has 0 amide bonds. The number of alkyl halides is 7. The van der Waals surface area contributed by atoms with Crippen LogP contribution in [0.4, 0.5) is 0 Å². The van der Waals surface area contributed by atoms with E-state index in [-0.39, 0.29) is 77.0 Å². The van der Waals surface area contributed by atoms with Crippen LogP contribution in [0.3, 0.4) is 0 Å². The second kappa shape index (κ2) is 115.